The molecule has 3 aromatic carbocycles. The van der Waals surface area contributed by atoms with Crippen LogP contribution in [0.4, 0.5) is 4.39 Å². The molecule has 3 atom stereocenters. The van der Waals surface area contributed by atoms with Gasteiger partial charge in [-0.3, -0.25) is 4.79 Å². The fourth-order valence-corrected chi connectivity index (χ4v) is 5.02. The van der Waals surface area contributed by atoms with Gasteiger partial charge in [-0.25, -0.2) is 9.07 Å². The molecule has 1 fully saturated rings. The topological polar surface area (TPSA) is 86.6 Å². The normalized spacial score (nSPS) is 18.2. The van der Waals surface area contributed by atoms with Crippen molar-refractivity contribution in [1.82, 2.24) is 20.4 Å². The van der Waals surface area contributed by atoms with Crippen molar-refractivity contribution in [3.05, 3.63) is 78.2 Å². The Morgan fingerprint density at radius 1 is 1.11 bits per heavy atom. The number of amides is 1. The first kappa shape index (κ1) is 24.2. The second-order valence-electron chi connectivity index (χ2n) is 9.64. The monoisotopic (exact) mass is 516 g/mol. The Labute approximate surface area is 219 Å². The molecule has 3 heterocycles. The number of ether oxygens (including phenoxy) is 3. The summed E-state index contributed by atoms with van der Waals surface area (Å²) in [4.78, 5) is 12.9. The quantitative estimate of drug-likeness (QED) is 0.381. The van der Waals surface area contributed by atoms with Crippen LogP contribution in [0.1, 0.15) is 31.4 Å². The minimum absolute atomic E-state index is 0.0304. The predicted octanol–water partition coefficient (Wildman–Crippen LogP) is 4.31. The zero-order valence-electron chi connectivity index (χ0n) is 21.0. The molecule has 0 aliphatic carbocycles. The summed E-state index contributed by atoms with van der Waals surface area (Å²) in [6.07, 6.45) is 3.07. The molecular formula is C29H29FN4O4. The first-order valence-electron chi connectivity index (χ1n) is 12.9. The number of carbonyl (C=O) groups is 1. The third kappa shape index (κ3) is 4.89. The van der Waals surface area contributed by atoms with E-state index in [1.165, 1.54) is 12.1 Å². The van der Waals surface area contributed by atoms with Crippen molar-refractivity contribution in [3.63, 3.8) is 0 Å². The molecule has 2 aliphatic rings. The first-order chi connectivity index (χ1) is 18.5. The summed E-state index contributed by atoms with van der Waals surface area (Å²) in [6, 6.07) is 17.1. The Hall–Kier alpha value is -4.11. The fraction of sp³-hybridized carbons (Fsp3) is 0.310. The smallest absolute Gasteiger partial charge is 0.237 e. The van der Waals surface area contributed by atoms with Crippen molar-refractivity contribution in [2.24, 2.45) is 0 Å². The van der Waals surface area contributed by atoms with E-state index in [1.807, 2.05) is 43.3 Å². The van der Waals surface area contributed by atoms with Gasteiger partial charge in [-0.05, 0) is 86.5 Å². The van der Waals surface area contributed by atoms with E-state index in [0.29, 0.717) is 30.5 Å². The highest BCUT2D eigenvalue weighted by molar-refractivity contribution is 5.83. The van der Waals surface area contributed by atoms with E-state index in [0.717, 1.165) is 41.5 Å². The fourth-order valence-electron chi connectivity index (χ4n) is 5.02. The van der Waals surface area contributed by atoms with Crippen molar-refractivity contribution >= 4 is 16.8 Å². The molecule has 6 rings (SSSR count). The zero-order valence-corrected chi connectivity index (χ0v) is 21.0. The molecule has 2 N–H and O–H groups in total. The maximum Gasteiger partial charge on any atom is 0.237 e. The Morgan fingerprint density at radius 3 is 2.71 bits per heavy atom. The largest absolute Gasteiger partial charge is 0.486 e. The number of hydrogen-bond acceptors (Lipinski definition) is 6. The van der Waals surface area contributed by atoms with E-state index in [2.05, 4.69) is 15.7 Å². The van der Waals surface area contributed by atoms with Gasteiger partial charge in [-0.2, -0.15) is 5.10 Å². The minimum atomic E-state index is -0.485. The number of nitrogens with zero attached hydrogens (tertiary/aromatic N) is 2. The van der Waals surface area contributed by atoms with Crippen LogP contribution in [0.25, 0.3) is 16.6 Å². The van der Waals surface area contributed by atoms with Crippen LogP contribution >= 0.6 is 0 Å². The third-order valence-corrected chi connectivity index (χ3v) is 6.97. The number of nitrogens with one attached hydrogen (secondary N) is 2. The highest BCUT2D eigenvalue weighted by Gasteiger charge is 2.29. The molecule has 38 heavy (non-hydrogen) atoms. The predicted molar refractivity (Wildman–Crippen MR) is 140 cm³/mol. The van der Waals surface area contributed by atoms with Crippen LogP contribution in [0.15, 0.2) is 66.9 Å². The molecule has 9 heteroatoms. The average molecular weight is 517 g/mol. The molecule has 196 valence electrons. The van der Waals surface area contributed by atoms with Crippen LogP contribution in [0, 0.1) is 5.82 Å². The maximum absolute atomic E-state index is 13.4. The summed E-state index contributed by atoms with van der Waals surface area (Å²) in [5.74, 6) is 1.67. The van der Waals surface area contributed by atoms with E-state index in [4.69, 9.17) is 14.2 Å². The van der Waals surface area contributed by atoms with E-state index in [1.54, 1.807) is 23.0 Å². The zero-order chi connectivity index (χ0) is 26.1. The summed E-state index contributed by atoms with van der Waals surface area (Å²) >= 11 is 0. The molecule has 8 nitrogen and oxygen atoms in total. The lowest BCUT2D eigenvalue weighted by Crippen LogP contribution is -2.47. The first-order valence-corrected chi connectivity index (χ1v) is 12.9. The van der Waals surface area contributed by atoms with Crippen LogP contribution in [0.3, 0.4) is 0 Å². The van der Waals surface area contributed by atoms with Crippen molar-refractivity contribution in [2.75, 3.05) is 19.8 Å². The number of aromatic nitrogens is 2. The van der Waals surface area contributed by atoms with E-state index in [-0.39, 0.29) is 23.8 Å². The Kier molecular flexibility index (Phi) is 6.59. The van der Waals surface area contributed by atoms with Gasteiger partial charge in [-0.1, -0.05) is 6.07 Å². The molecule has 1 amide bonds. The van der Waals surface area contributed by atoms with Crippen molar-refractivity contribution in [2.45, 2.75) is 38.0 Å². The van der Waals surface area contributed by atoms with Gasteiger partial charge in [0.15, 0.2) is 11.5 Å². The SMILES string of the molecule is C[C@H](NC(=O)C1CCCN1)[C@H](Oc1ccc2c(cnn2-c2ccc(F)cc2)c1)c1ccc2c(c1)OCCO2. The highest BCUT2D eigenvalue weighted by atomic mass is 19.1. The molecule has 1 aromatic heterocycles. The minimum Gasteiger partial charge on any atom is -0.486 e. The summed E-state index contributed by atoms with van der Waals surface area (Å²) < 4.78 is 33.2. The average Bonchev–Trinajstić information content (AvgIpc) is 3.62. The lowest BCUT2D eigenvalue weighted by Gasteiger charge is -2.28. The second-order valence-corrected chi connectivity index (χ2v) is 9.64. The number of halogens is 1. The summed E-state index contributed by atoms with van der Waals surface area (Å²) in [6.45, 7) is 3.79. The molecule has 4 aromatic rings. The molecular weight excluding hydrogens is 487 g/mol. The molecule has 1 saturated heterocycles. The molecule has 1 unspecified atom stereocenters. The number of fused-ring (bicyclic) bond motifs is 2. The van der Waals surface area contributed by atoms with Gasteiger partial charge >= 0.3 is 0 Å². The van der Waals surface area contributed by atoms with Crippen molar-refractivity contribution in [3.8, 4) is 22.9 Å². The molecule has 0 spiro atoms. The van der Waals surface area contributed by atoms with Gasteiger partial charge in [0.05, 0.1) is 29.5 Å². The highest BCUT2D eigenvalue weighted by Crippen LogP contribution is 2.36. The molecule has 0 bridgehead atoms. The Balaban J connectivity index is 1.29. The van der Waals surface area contributed by atoms with Gasteiger partial charge in [-0.15, -0.1) is 0 Å². The Bertz CT molecular complexity index is 1450. The molecule has 0 radical (unpaired) electrons. The van der Waals surface area contributed by atoms with Crippen LogP contribution in [-0.4, -0.2) is 47.5 Å². The van der Waals surface area contributed by atoms with Crippen LogP contribution < -0.4 is 24.8 Å². The summed E-state index contributed by atoms with van der Waals surface area (Å²) in [5.41, 5.74) is 2.50. The van der Waals surface area contributed by atoms with Gasteiger partial charge in [0.1, 0.15) is 30.9 Å². The van der Waals surface area contributed by atoms with Crippen molar-refractivity contribution in [1.29, 1.82) is 0 Å². The van der Waals surface area contributed by atoms with Gasteiger partial charge in [0.25, 0.3) is 0 Å². The van der Waals surface area contributed by atoms with Crippen LogP contribution in [0.2, 0.25) is 0 Å². The molecule has 2 aliphatic heterocycles. The number of rotatable bonds is 7. The third-order valence-electron chi connectivity index (χ3n) is 6.97. The standard InChI is InChI=1S/C29H29FN4O4/c1-18(33-29(35)24-3-2-12-31-24)28(19-4-11-26-27(16-19)37-14-13-36-26)38-23-9-10-25-20(15-23)17-32-34(25)22-7-5-21(30)6-8-22/h4-11,15-18,24,28,31H,2-3,12-14H2,1H3,(H,33,35)/t18-,24?,28-/m0/s1. The summed E-state index contributed by atoms with van der Waals surface area (Å²) in [7, 11) is 0. The second kappa shape index (κ2) is 10.3. The van der Waals surface area contributed by atoms with Gasteiger partial charge < -0.3 is 24.8 Å². The Morgan fingerprint density at radius 2 is 1.92 bits per heavy atom. The van der Waals surface area contributed by atoms with Gasteiger partial charge in [0, 0.05) is 5.39 Å². The number of hydrogen-bond donors (Lipinski definition) is 2. The van der Waals surface area contributed by atoms with Crippen LogP contribution in [-0.2, 0) is 4.79 Å². The van der Waals surface area contributed by atoms with Crippen molar-refractivity contribution < 1.29 is 23.4 Å². The van der Waals surface area contributed by atoms with E-state index >= 15 is 0 Å². The number of carbonyl (C=O) groups excluding carboxylic acids is 1. The molecule has 0 saturated carbocycles. The summed E-state index contributed by atoms with van der Waals surface area (Å²) in [5, 5.41) is 11.8. The number of benzene rings is 3. The van der Waals surface area contributed by atoms with E-state index in [9.17, 15) is 9.18 Å². The van der Waals surface area contributed by atoms with Gasteiger partial charge in [0.2, 0.25) is 5.91 Å². The lowest BCUT2D eigenvalue weighted by atomic mass is 10.0. The lowest BCUT2D eigenvalue weighted by molar-refractivity contribution is -0.124. The van der Waals surface area contributed by atoms with E-state index < -0.39 is 6.10 Å². The maximum atomic E-state index is 13.4. The van der Waals surface area contributed by atoms with Crippen LogP contribution in [0.5, 0.6) is 17.2 Å².